The van der Waals surface area contributed by atoms with Crippen molar-refractivity contribution in [1.82, 2.24) is 4.57 Å². The first-order valence-corrected chi connectivity index (χ1v) is 13.8. The monoisotopic (exact) mass is 692 g/mol. The smallest absolute Gasteiger partial charge is 0.434 e. The van der Waals surface area contributed by atoms with E-state index in [1.54, 1.807) is 12.1 Å². The van der Waals surface area contributed by atoms with Crippen LogP contribution < -0.4 is 24.4 Å². The second kappa shape index (κ2) is 11.7. The summed E-state index contributed by atoms with van der Waals surface area (Å²) in [5.74, 6) is -0.240. The molecule has 1 aliphatic heterocycles. The van der Waals surface area contributed by atoms with Gasteiger partial charge in [0.1, 0.15) is 0 Å². The predicted molar refractivity (Wildman–Crippen MR) is 149 cm³/mol. The minimum absolute atomic E-state index is 0.114. The van der Waals surface area contributed by atoms with Gasteiger partial charge in [0.05, 0.1) is 40.0 Å². The van der Waals surface area contributed by atoms with Crippen LogP contribution in [0.25, 0.3) is 6.08 Å². The van der Waals surface area contributed by atoms with Gasteiger partial charge in [0, 0.05) is 5.02 Å². The topological polar surface area (TPSA) is 79.1 Å². The zero-order valence-electron chi connectivity index (χ0n) is 20.8. The summed E-state index contributed by atoms with van der Waals surface area (Å²) in [4.78, 5) is 30.2. The molecule has 1 aliphatic rings. The molecule has 0 spiro atoms. The third-order valence-corrected chi connectivity index (χ3v) is 7.65. The van der Waals surface area contributed by atoms with E-state index in [9.17, 15) is 22.8 Å². The molecule has 39 heavy (non-hydrogen) atoms. The predicted octanol–water partition coefficient (Wildman–Crippen LogP) is 5.01. The van der Waals surface area contributed by atoms with Crippen molar-refractivity contribution in [2.45, 2.75) is 26.1 Å². The Morgan fingerprint density at radius 2 is 1.90 bits per heavy atom. The third-order valence-electron chi connectivity index (χ3n) is 5.61. The van der Waals surface area contributed by atoms with Gasteiger partial charge in [0.15, 0.2) is 22.0 Å². The van der Waals surface area contributed by atoms with Crippen molar-refractivity contribution in [3.63, 3.8) is 0 Å². The lowest BCUT2D eigenvalue weighted by molar-refractivity contribution is -0.140. The number of ether oxygens (including phenoxy) is 3. The molecule has 0 radical (unpaired) electrons. The molecule has 2 heterocycles. The van der Waals surface area contributed by atoms with Crippen molar-refractivity contribution in [2.24, 2.45) is 4.99 Å². The number of fused-ring (bicyclic) bond motifs is 1. The number of nitrogens with zero attached hydrogens (tertiary/aromatic N) is 2. The average molecular weight is 693 g/mol. The van der Waals surface area contributed by atoms with E-state index < -0.39 is 35.0 Å². The summed E-state index contributed by atoms with van der Waals surface area (Å²) >= 11 is 8.85. The van der Waals surface area contributed by atoms with E-state index in [1.807, 2.05) is 6.92 Å². The van der Waals surface area contributed by atoms with Crippen molar-refractivity contribution in [1.29, 1.82) is 0 Å². The number of benzene rings is 2. The summed E-state index contributed by atoms with van der Waals surface area (Å²) in [6, 6.07) is 7.85. The maximum Gasteiger partial charge on any atom is 0.434 e. The number of esters is 1. The van der Waals surface area contributed by atoms with Gasteiger partial charge in [-0.3, -0.25) is 9.36 Å². The Balaban J connectivity index is 2.02. The Labute approximate surface area is 243 Å². The summed E-state index contributed by atoms with van der Waals surface area (Å²) in [5, 5.41) is 0.336. The molecular weight excluding hydrogens is 672 g/mol. The highest BCUT2D eigenvalue weighted by atomic mass is 127. The van der Waals surface area contributed by atoms with Gasteiger partial charge in [0.25, 0.3) is 5.56 Å². The van der Waals surface area contributed by atoms with Gasteiger partial charge in [-0.05, 0) is 77.9 Å². The number of hydrogen-bond acceptors (Lipinski definition) is 7. The van der Waals surface area contributed by atoms with Crippen LogP contribution in [0.4, 0.5) is 13.2 Å². The van der Waals surface area contributed by atoms with Crippen molar-refractivity contribution >= 4 is 57.6 Å². The summed E-state index contributed by atoms with van der Waals surface area (Å²) in [6.07, 6.45) is -3.45. The van der Waals surface area contributed by atoms with Gasteiger partial charge in [-0.25, -0.2) is 9.79 Å². The zero-order chi connectivity index (χ0) is 28.5. The van der Waals surface area contributed by atoms with Crippen LogP contribution in [0, 0.1) is 3.57 Å². The largest absolute Gasteiger partial charge is 0.492 e. The second-order valence-corrected chi connectivity index (χ2v) is 10.7. The number of hydrogen-bond donors (Lipinski definition) is 0. The molecule has 0 unspecified atom stereocenters. The molecule has 3 aromatic rings. The molecule has 7 nitrogen and oxygen atoms in total. The van der Waals surface area contributed by atoms with E-state index in [4.69, 9.17) is 25.8 Å². The lowest BCUT2D eigenvalue weighted by atomic mass is 9.95. The zero-order valence-corrected chi connectivity index (χ0v) is 24.5. The summed E-state index contributed by atoms with van der Waals surface area (Å²) in [6.45, 7) is 3.50. The van der Waals surface area contributed by atoms with Crippen LogP contribution in [0.2, 0.25) is 5.02 Å². The number of aromatic nitrogens is 1. The Bertz CT molecular complexity index is 1630. The maximum absolute atomic E-state index is 14.2. The van der Waals surface area contributed by atoms with Gasteiger partial charge in [0.2, 0.25) is 0 Å². The number of carbonyl (C=O) groups is 1. The Kier molecular flexibility index (Phi) is 8.76. The Morgan fingerprint density at radius 1 is 1.21 bits per heavy atom. The minimum atomic E-state index is -4.99. The molecule has 13 heteroatoms. The molecule has 0 amide bonds. The average Bonchev–Trinajstić information content (AvgIpc) is 3.18. The molecule has 0 saturated heterocycles. The molecule has 0 aliphatic carbocycles. The Morgan fingerprint density at radius 3 is 2.49 bits per heavy atom. The van der Waals surface area contributed by atoms with Gasteiger partial charge < -0.3 is 14.2 Å². The lowest BCUT2D eigenvalue weighted by Gasteiger charge is -2.26. The molecular formula is C26H21ClF3IN2O5S. The summed E-state index contributed by atoms with van der Waals surface area (Å²) in [5.41, 5.74) is -2.00. The van der Waals surface area contributed by atoms with E-state index in [2.05, 4.69) is 27.6 Å². The third kappa shape index (κ3) is 5.87. The van der Waals surface area contributed by atoms with Gasteiger partial charge in [-0.1, -0.05) is 35.1 Å². The molecule has 0 fully saturated rings. The van der Waals surface area contributed by atoms with Gasteiger partial charge >= 0.3 is 12.1 Å². The SMILES string of the molecule is CCOC(=O)C1=C(C(F)(F)F)N=c2s/c(=C\c3cc(I)c(OC)c(OCC)c3)c(=O)n2[C@H]1c1ccc(Cl)cc1. The molecule has 4 rings (SSSR count). The van der Waals surface area contributed by atoms with E-state index >= 15 is 0 Å². The summed E-state index contributed by atoms with van der Waals surface area (Å²) < 4.78 is 60.6. The highest BCUT2D eigenvalue weighted by Crippen LogP contribution is 2.38. The van der Waals surface area contributed by atoms with Crippen LogP contribution in [0.15, 0.2) is 57.5 Å². The molecule has 0 N–H and O–H groups in total. The number of carbonyl (C=O) groups excluding carboxylic acids is 1. The van der Waals surface area contributed by atoms with Crippen molar-refractivity contribution in [3.8, 4) is 11.5 Å². The number of methoxy groups -OCH3 is 1. The first kappa shape index (κ1) is 29.2. The van der Waals surface area contributed by atoms with Crippen molar-refractivity contribution in [3.05, 3.63) is 87.1 Å². The molecule has 0 saturated carbocycles. The first-order valence-electron chi connectivity index (χ1n) is 11.6. The lowest BCUT2D eigenvalue weighted by Crippen LogP contribution is -2.41. The normalized spacial score (nSPS) is 15.6. The van der Waals surface area contributed by atoms with Crippen LogP contribution in [0.1, 0.15) is 31.0 Å². The van der Waals surface area contributed by atoms with Gasteiger partial charge in [-0.2, -0.15) is 13.2 Å². The molecule has 1 aromatic heterocycles. The molecule has 1 atom stereocenters. The van der Waals surface area contributed by atoms with Crippen LogP contribution >= 0.6 is 45.5 Å². The number of rotatable bonds is 7. The quantitative estimate of drug-likeness (QED) is 0.257. The van der Waals surface area contributed by atoms with Crippen LogP contribution in [-0.4, -0.2) is 37.0 Å². The van der Waals surface area contributed by atoms with E-state index in [-0.39, 0.29) is 21.5 Å². The van der Waals surface area contributed by atoms with E-state index in [0.29, 0.717) is 32.3 Å². The number of alkyl halides is 3. The Hall–Kier alpha value is -2.84. The molecule has 0 bridgehead atoms. The number of allylic oxidation sites excluding steroid dienone is 1. The molecule has 206 valence electrons. The van der Waals surface area contributed by atoms with Gasteiger partial charge in [-0.15, -0.1) is 0 Å². The number of thiazole rings is 1. The maximum atomic E-state index is 14.2. The van der Waals surface area contributed by atoms with E-state index in [0.717, 1.165) is 15.9 Å². The van der Waals surface area contributed by atoms with Crippen LogP contribution in [0.3, 0.4) is 0 Å². The van der Waals surface area contributed by atoms with E-state index in [1.165, 1.54) is 44.4 Å². The summed E-state index contributed by atoms with van der Waals surface area (Å²) in [7, 11) is 1.51. The fourth-order valence-corrected chi connectivity index (χ4v) is 6.06. The van der Waals surface area contributed by atoms with Crippen molar-refractivity contribution < 1.29 is 32.2 Å². The van der Waals surface area contributed by atoms with Crippen LogP contribution in [-0.2, 0) is 9.53 Å². The first-order chi connectivity index (χ1) is 18.5. The number of halogens is 5. The second-order valence-electron chi connectivity index (χ2n) is 8.08. The van der Waals surface area contributed by atoms with Crippen molar-refractivity contribution in [2.75, 3.05) is 20.3 Å². The standard InChI is InChI=1S/C26H21ClF3IN2O5S/c1-4-37-17-11-13(10-16(31)21(17)36-3)12-18-23(34)33-20(14-6-8-15(27)9-7-14)19(24(35)38-5-2)22(26(28,29)30)32-25(33)39-18/h6-12,20H,4-5H2,1-3H3/b18-12-/t20-/m0/s1. The fourth-order valence-electron chi connectivity index (χ4n) is 4.08. The molecule has 2 aromatic carbocycles. The highest BCUT2D eigenvalue weighted by Gasteiger charge is 2.45. The highest BCUT2D eigenvalue weighted by molar-refractivity contribution is 14.1. The minimum Gasteiger partial charge on any atom is -0.492 e. The van der Waals surface area contributed by atoms with Crippen LogP contribution in [0.5, 0.6) is 11.5 Å². The fraction of sp³-hybridized carbons (Fsp3) is 0.269.